The summed E-state index contributed by atoms with van der Waals surface area (Å²) in [7, 11) is 0. The first-order valence-corrected chi connectivity index (χ1v) is 10.2. The first kappa shape index (κ1) is 16.7. The molecule has 0 N–H and O–H groups in total. The first-order valence-electron chi connectivity index (χ1n) is 9.44. The Bertz CT molecular complexity index is 722. The lowest BCUT2D eigenvalue weighted by Gasteiger charge is -2.59. The van der Waals surface area contributed by atoms with Crippen molar-refractivity contribution in [1.29, 1.82) is 0 Å². The fraction of sp³-hybridized carbons (Fsp3) is 0.842. The lowest BCUT2D eigenvalue weighted by atomic mass is 9.46. The molecule has 4 nitrogen and oxygen atoms in total. The molecule has 25 heavy (non-hydrogen) atoms. The van der Waals surface area contributed by atoms with Gasteiger partial charge in [-0.25, -0.2) is 0 Å². The van der Waals surface area contributed by atoms with Gasteiger partial charge in [-0.15, -0.1) is 23.2 Å². The molecule has 5 aliphatic rings. The molecule has 6 heteroatoms. The zero-order valence-corrected chi connectivity index (χ0v) is 15.8. The summed E-state index contributed by atoms with van der Waals surface area (Å²) in [6.45, 7) is 1.86. The van der Waals surface area contributed by atoms with Gasteiger partial charge >= 0.3 is 0 Å². The van der Waals surface area contributed by atoms with Gasteiger partial charge in [0.25, 0.3) is 0 Å². The Hall–Kier alpha value is -0.450. The van der Waals surface area contributed by atoms with E-state index in [-0.39, 0.29) is 23.3 Å². The zero-order chi connectivity index (χ0) is 17.8. The highest BCUT2D eigenvalue weighted by Crippen LogP contribution is 2.73. The normalized spacial score (nSPS) is 57.2. The fourth-order valence-electron chi connectivity index (χ4n) is 6.72. The van der Waals surface area contributed by atoms with E-state index >= 15 is 0 Å². The van der Waals surface area contributed by atoms with Crippen LogP contribution >= 0.6 is 23.2 Å². The molecular weight excluding hydrogens is 363 g/mol. The van der Waals surface area contributed by atoms with E-state index in [4.69, 9.17) is 27.9 Å². The summed E-state index contributed by atoms with van der Waals surface area (Å²) in [6, 6.07) is 0. The topological polar surface area (TPSA) is 60.4 Å². The molecule has 2 heterocycles. The van der Waals surface area contributed by atoms with Gasteiger partial charge in [0.15, 0.2) is 27.1 Å². The Morgan fingerprint density at radius 3 is 2.16 bits per heavy atom. The van der Waals surface area contributed by atoms with Crippen LogP contribution in [-0.4, -0.2) is 38.8 Å². The summed E-state index contributed by atoms with van der Waals surface area (Å²) in [4.78, 5) is 36.9. The maximum Gasteiger partial charge on any atom is 0.172 e. The van der Waals surface area contributed by atoms with Crippen LogP contribution in [0.25, 0.3) is 0 Å². The molecular formula is C19H22Cl2O4. The number of rotatable bonds is 0. The predicted octanol–water partition coefficient (Wildman–Crippen LogP) is 3.20. The molecule has 1 spiro atoms. The fourth-order valence-corrected chi connectivity index (χ4v) is 7.93. The van der Waals surface area contributed by atoms with Crippen LogP contribution in [-0.2, 0) is 19.1 Å². The van der Waals surface area contributed by atoms with E-state index in [2.05, 4.69) is 0 Å². The van der Waals surface area contributed by atoms with E-state index < -0.39 is 32.8 Å². The second-order valence-electron chi connectivity index (χ2n) is 8.82. The summed E-state index contributed by atoms with van der Waals surface area (Å²) in [6.07, 6.45) is 4.96. The highest BCUT2D eigenvalue weighted by Gasteiger charge is 2.91. The molecule has 0 aromatic rings. The molecule has 2 bridgehead atoms. The number of ether oxygens (including phenoxy) is 1. The van der Waals surface area contributed by atoms with Gasteiger partial charge in [0.2, 0.25) is 0 Å². The zero-order valence-electron chi connectivity index (χ0n) is 14.3. The number of halogens is 2. The molecule has 5 fully saturated rings. The number of carbonyl (C=O) groups is 3. The van der Waals surface area contributed by atoms with Crippen LogP contribution in [0, 0.1) is 17.3 Å². The van der Waals surface area contributed by atoms with Crippen molar-refractivity contribution in [3.8, 4) is 0 Å². The lowest BCUT2D eigenvalue weighted by Crippen LogP contribution is -2.79. The second kappa shape index (κ2) is 4.69. The van der Waals surface area contributed by atoms with Crippen molar-refractivity contribution in [3.63, 3.8) is 0 Å². The van der Waals surface area contributed by atoms with Gasteiger partial charge < -0.3 is 4.74 Å². The summed E-state index contributed by atoms with van der Waals surface area (Å²) in [5.74, 6) is -1.28. The van der Waals surface area contributed by atoms with Crippen LogP contribution in [0.15, 0.2) is 0 Å². The molecule has 3 aliphatic carbocycles. The third-order valence-electron chi connectivity index (χ3n) is 8.00. The van der Waals surface area contributed by atoms with Crippen LogP contribution in [0.5, 0.6) is 0 Å². The van der Waals surface area contributed by atoms with E-state index in [1.165, 1.54) is 0 Å². The van der Waals surface area contributed by atoms with Gasteiger partial charge in [-0.1, -0.05) is 25.7 Å². The maximum atomic E-state index is 13.6. The lowest BCUT2D eigenvalue weighted by molar-refractivity contribution is -0.158. The number of Topliss-reactive ketones (excluding diaryl/α,β-unsaturated/α-hetero) is 3. The number of carbonyl (C=O) groups excluding carboxylic acids is 3. The minimum absolute atomic E-state index is 0.131. The van der Waals surface area contributed by atoms with Crippen LogP contribution in [0.1, 0.15) is 58.3 Å². The number of ketones is 3. The summed E-state index contributed by atoms with van der Waals surface area (Å²) in [5.41, 5.74) is -1.97. The van der Waals surface area contributed by atoms with Crippen LogP contribution < -0.4 is 0 Å². The van der Waals surface area contributed by atoms with E-state index in [1.807, 2.05) is 6.92 Å². The Balaban J connectivity index is 1.76. The molecule has 136 valence electrons. The summed E-state index contributed by atoms with van der Waals surface area (Å²) in [5, 5.41) is 0. The van der Waals surface area contributed by atoms with Gasteiger partial charge in [-0.2, -0.15) is 0 Å². The monoisotopic (exact) mass is 384 g/mol. The van der Waals surface area contributed by atoms with Crippen molar-refractivity contribution in [3.05, 3.63) is 0 Å². The van der Waals surface area contributed by atoms with Crippen molar-refractivity contribution in [2.75, 3.05) is 0 Å². The van der Waals surface area contributed by atoms with Crippen LogP contribution in [0.3, 0.4) is 0 Å². The van der Waals surface area contributed by atoms with E-state index in [0.717, 1.165) is 25.7 Å². The number of fused-ring (bicyclic) bond motifs is 4. The molecule has 0 aromatic carbocycles. The van der Waals surface area contributed by atoms with E-state index in [9.17, 15) is 14.4 Å². The summed E-state index contributed by atoms with van der Waals surface area (Å²) >= 11 is 14.0. The molecule has 0 radical (unpaired) electrons. The van der Waals surface area contributed by atoms with Crippen molar-refractivity contribution in [2.24, 2.45) is 17.3 Å². The first-order chi connectivity index (χ1) is 11.8. The van der Waals surface area contributed by atoms with Crippen molar-refractivity contribution >= 4 is 40.6 Å². The van der Waals surface area contributed by atoms with Crippen molar-refractivity contribution in [1.82, 2.24) is 0 Å². The Labute approximate surface area is 156 Å². The molecule has 2 unspecified atom stereocenters. The van der Waals surface area contributed by atoms with Crippen molar-refractivity contribution in [2.45, 2.75) is 79.7 Å². The molecule has 0 aromatic heterocycles. The molecule has 2 saturated heterocycles. The Morgan fingerprint density at radius 2 is 1.48 bits per heavy atom. The minimum atomic E-state index is -1.74. The van der Waals surface area contributed by atoms with Crippen LogP contribution in [0.4, 0.5) is 0 Å². The van der Waals surface area contributed by atoms with Crippen molar-refractivity contribution < 1.29 is 19.1 Å². The van der Waals surface area contributed by atoms with Gasteiger partial charge in [-0.05, 0) is 32.6 Å². The number of hydrogen-bond acceptors (Lipinski definition) is 4. The van der Waals surface area contributed by atoms with Gasteiger partial charge in [-0.3, -0.25) is 14.4 Å². The van der Waals surface area contributed by atoms with Crippen LogP contribution in [0.2, 0.25) is 0 Å². The Morgan fingerprint density at radius 1 is 0.880 bits per heavy atom. The molecule has 5 rings (SSSR count). The molecule has 0 amide bonds. The summed E-state index contributed by atoms with van der Waals surface area (Å²) < 4.78 is 6.22. The molecule has 7 atom stereocenters. The minimum Gasteiger partial charge on any atom is -0.358 e. The third-order valence-corrected chi connectivity index (χ3v) is 9.56. The largest absolute Gasteiger partial charge is 0.358 e. The van der Waals surface area contributed by atoms with Gasteiger partial charge in [0.05, 0.1) is 5.41 Å². The number of alkyl halides is 2. The van der Waals surface area contributed by atoms with Gasteiger partial charge in [0, 0.05) is 11.8 Å². The van der Waals surface area contributed by atoms with Gasteiger partial charge in [0.1, 0.15) is 11.7 Å². The molecule has 2 aliphatic heterocycles. The molecule has 3 saturated carbocycles. The second-order valence-corrected chi connectivity index (χ2v) is 9.99. The van der Waals surface area contributed by atoms with E-state index in [0.29, 0.717) is 25.7 Å². The van der Waals surface area contributed by atoms with E-state index in [1.54, 1.807) is 0 Å². The smallest absolute Gasteiger partial charge is 0.172 e. The maximum absolute atomic E-state index is 13.6. The standard InChI is InChI=1S/C19H22Cl2O4/c1-16-8-4-5-9-17(16)19(21)13(23)11-7-3-2-6-10(11)12(22)18(19,20)15(25-17)14(16)24/h10-11,15H,2-9H2,1H3/t10?,11?,15-,16+,17+,18+,19-/m0/s1. The average Bonchev–Trinajstić information content (AvgIpc) is 2.99. The Kier molecular flexibility index (Phi) is 3.13. The number of hydrogen-bond donors (Lipinski definition) is 0. The average molecular weight is 385 g/mol. The highest BCUT2D eigenvalue weighted by molar-refractivity contribution is 6.54. The highest BCUT2D eigenvalue weighted by atomic mass is 35.5. The third kappa shape index (κ3) is 1.43. The quantitative estimate of drug-likeness (QED) is 0.601. The SMILES string of the molecule is C[C@]12CCCC[C@@]13O[C@@H](C2=O)[C@]1(Cl)C(=O)C2CCCCC2C(=O)[C@]31Cl. The predicted molar refractivity (Wildman–Crippen MR) is 91.8 cm³/mol.